The lowest BCUT2D eigenvalue weighted by Crippen LogP contribution is -2.10. The van der Waals surface area contributed by atoms with Crippen LogP contribution in [0.15, 0.2) is 79.0 Å². The number of ether oxygens (including phenoxy) is 1. The summed E-state index contributed by atoms with van der Waals surface area (Å²) >= 11 is 0. The Bertz CT molecular complexity index is 770. The summed E-state index contributed by atoms with van der Waals surface area (Å²) in [6.45, 7) is 0.263. The molecule has 0 unspecified atom stereocenters. The number of pyridine rings is 1. The summed E-state index contributed by atoms with van der Waals surface area (Å²) in [5, 5.41) is 0. The normalized spacial score (nSPS) is 10.3. The number of nitrogens with zero attached hydrogens (tertiary/aromatic N) is 1. The predicted molar refractivity (Wildman–Crippen MR) is 89.0 cm³/mol. The maximum atomic E-state index is 12.4. The number of esters is 1. The first-order valence-electron chi connectivity index (χ1n) is 7.52. The monoisotopic (exact) mass is 303 g/mol. The van der Waals surface area contributed by atoms with Crippen molar-refractivity contribution in [1.29, 1.82) is 0 Å². The largest absolute Gasteiger partial charge is 0.457 e. The maximum Gasteiger partial charge on any atom is 0.340 e. The molecule has 0 N–H and O–H groups in total. The molecule has 0 bridgehead atoms. The summed E-state index contributed by atoms with van der Waals surface area (Å²) in [4.78, 5) is 16.7. The standard InChI is InChI=1S/C20H17NO2/c22-20(23-15-17-10-5-2-6-11-17)18-12-7-13-21-19(18)14-16-8-3-1-4-9-16/h1-13H,14-15H2. The quantitative estimate of drug-likeness (QED) is 0.668. The van der Waals surface area contributed by atoms with Crippen molar-refractivity contribution in [2.24, 2.45) is 0 Å². The van der Waals surface area contributed by atoms with Gasteiger partial charge in [0.25, 0.3) is 0 Å². The summed E-state index contributed by atoms with van der Waals surface area (Å²) in [6.07, 6.45) is 2.31. The molecule has 23 heavy (non-hydrogen) atoms. The predicted octanol–water partition coefficient (Wildman–Crippen LogP) is 4.03. The molecule has 0 spiro atoms. The Morgan fingerprint density at radius 2 is 1.48 bits per heavy atom. The highest BCUT2D eigenvalue weighted by Gasteiger charge is 2.14. The summed E-state index contributed by atoms with van der Waals surface area (Å²) in [7, 11) is 0. The molecule has 0 radical (unpaired) electrons. The molecule has 1 heterocycles. The molecular weight excluding hydrogens is 286 g/mol. The minimum Gasteiger partial charge on any atom is -0.457 e. The average molecular weight is 303 g/mol. The van der Waals surface area contributed by atoms with Gasteiger partial charge in [-0.1, -0.05) is 60.7 Å². The van der Waals surface area contributed by atoms with Gasteiger partial charge in [0.1, 0.15) is 6.61 Å². The molecule has 0 atom stereocenters. The Hall–Kier alpha value is -2.94. The van der Waals surface area contributed by atoms with Crippen molar-refractivity contribution in [3.8, 4) is 0 Å². The zero-order chi connectivity index (χ0) is 15.9. The Labute approximate surface area is 135 Å². The molecule has 3 nitrogen and oxygen atoms in total. The highest BCUT2D eigenvalue weighted by atomic mass is 16.5. The van der Waals surface area contributed by atoms with Gasteiger partial charge in [-0.3, -0.25) is 4.98 Å². The van der Waals surface area contributed by atoms with Gasteiger partial charge < -0.3 is 4.74 Å². The van der Waals surface area contributed by atoms with E-state index < -0.39 is 0 Å². The first-order valence-corrected chi connectivity index (χ1v) is 7.52. The van der Waals surface area contributed by atoms with Crippen LogP contribution in [0, 0.1) is 0 Å². The van der Waals surface area contributed by atoms with E-state index >= 15 is 0 Å². The van der Waals surface area contributed by atoms with Gasteiger partial charge in [0.15, 0.2) is 0 Å². The van der Waals surface area contributed by atoms with E-state index in [1.165, 1.54) is 0 Å². The minimum absolute atomic E-state index is 0.263. The van der Waals surface area contributed by atoms with E-state index in [0.717, 1.165) is 16.8 Å². The van der Waals surface area contributed by atoms with Crippen LogP contribution in [0.4, 0.5) is 0 Å². The van der Waals surface area contributed by atoms with E-state index in [2.05, 4.69) is 4.98 Å². The van der Waals surface area contributed by atoms with Crippen LogP contribution in [0.3, 0.4) is 0 Å². The summed E-state index contributed by atoms with van der Waals surface area (Å²) in [5.74, 6) is -0.340. The Kier molecular flexibility index (Phi) is 4.79. The summed E-state index contributed by atoms with van der Waals surface area (Å²) in [5.41, 5.74) is 3.33. The van der Waals surface area contributed by atoms with Gasteiger partial charge >= 0.3 is 5.97 Å². The minimum atomic E-state index is -0.340. The third-order valence-electron chi connectivity index (χ3n) is 3.54. The molecule has 0 saturated carbocycles. The van der Waals surface area contributed by atoms with Crippen LogP contribution in [0.2, 0.25) is 0 Å². The molecular formula is C20H17NO2. The van der Waals surface area contributed by atoms with Crippen molar-refractivity contribution in [2.75, 3.05) is 0 Å². The molecule has 3 aromatic rings. The number of carbonyl (C=O) groups excluding carboxylic acids is 1. The lowest BCUT2D eigenvalue weighted by molar-refractivity contribution is 0.0471. The van der Waals surface area contributed by atoms with E-state index in [4.69, 9.17) is 4.74 Å². The van der Waals surface area contributed by atoms with Crippen LogP contribution in [0.1, 0.15) is 27.2 Å². The molecule has 114 valence electrons. The first-order chi connectivity index (χ1) is 11.3. The highest BCUT2D eigenvalue weighted by Crippen LogP contribution is 2.14. The van der Waals surface area contributed by atoms with Gasteiger partial charge in [-0.15, -0.1) is 0 Å². The molecule has 3 rings (SSSR count). The zero-order valence-electron chi connectivity index (χ0n) is 12.7. The van der Waals surface area contributed by atoms with Crippen LogP contribution in [-0.2, 0) is 17.8 Å². The van der Waals surface area contributed by atoms with Crippen molar-refractivity contribution in [1.82, 2.24) is 4.98 Å². The van der Waals surface area contributed by atoms with E-state index in [1.807, 2.05) is 60.7 Å². The van der Waals surface area contributed by atoms with Crippen molar-refractivity contribution >= 4 is 5.97 Å². The fourth-order valence-corrected chi connectivity index (χ4v) is 2.35. The maximum absolute atomic E-state index is 12.4. The Morgan fingerprint density at radius 1 is 0.826 bits per heavy atom. The zero-order valence-corrected chi connectivity index (χ0v) is 12.7. The van der Waals surface area contributed by atoms with Crippen LogP contribution in [0.5, 0.6) is 0 Å². The van der Waals surface area contributed by atoms with Crippen LogP contribution in [0.25, 0.3) is 0 Å². The lowest BCUT2D eigenvalue weighted by atomic mass is 10.1. The number of benzene rings is 2. The Balaban J connectivity index is 1.73. The van der Waals surface area contributed by atoms with Crippen molar-refractivity contribution < 1.29 is 9.53 Å². The number of hydrogen-bond donors (Lipinski definition) is 0. The molecule has 0 aliphatic carbocycles. The second-order valence-corrected chi connectivity index (χ2v) is 5.22. The molecule has 0 aliphatic rings. The highest BCUT2D eigenvalue weighted by molar-refractivity contribution is 5.90. The van der Waals surface area contributed by atoms with Gasteiger partial charge in [-0.25, -0.2) is 4.79 Å². The van der Waals surface area contributed by atoms with Gasteiger partial charge in [-0.05, 0) is 23.3 Å². The van der Waals surface area contributed by atoms with Crippen molar-refractivity contribution in [3.05, 3.63) is 101 Å². The fraction of sp³-hybridized carbons (Fsp3) is 0.100. The number of hydrogen-bond acceptors (Lipinski definition) is 3. The smallest absolute Gasteiger partial charge is 0.340 e. The van der Waals surface area contributed by atoms with Crippen molar-refractivity contribution in [2.45, 2.75) is 13.0 Å². The van der Waals surface area contributed by atoms with Crippen LogP contribution >= 0.6 is 0 Å². The molecule has 0 aliphatic heterocycles. The van der Waals surface area contributed by atoms with E-state index in [-0.39, 0.29) is 12.6 Å². The summed E-state index contributed by atoms with van der Waals surface area (Å²) < 4.78 is 5.41. The van der Waals surface area contributed by atoms with Crippen molar-refractivity contribution in [3.63, 3.8) is 0 Å². The summed E-state index contributed by atoms with van der Waals surface area (Å²) in [6, 6.07) is 23.1. The van der Waals surface area contributed by atoms with E-state index in [0.29, 0.717) is 12.0 Å². The van der Waals surface area contributed by atoms with Gasteiger partial charge in [-0.2, -0.15) is 0 Å². The Morgan fingerprint density at radius 3 is 2.17 bits per heavy atom. The van der Waals surface area contributed by atoms with Gasteiger partial charge in [0, 0.05) is 12.6 Å². The second kappa shape index (κ2) is 7.36. The fourth-order valence-electron chi connectivity index (χ4n) is 2.35. The van der Waals surface area contributed by atoms with Gasteiger partial charge in [0.05, 0.1) is 11.3 Å². The molecule has 0 fully saturated rings. The molecule has 1 aromatic heterocycles. The van der Waals surface area contributed by atoms with Gasteiger partial charge in [0.2, 0.25) is 0 Å². The second-order valence-electron chi connectivity index (χ2n) is 5.22. The van der Waals surface area contributed by atoms with E-state index in [9.17, 15) is 4.79 Å². The van der Waals surface area contributed by atoms with Crippen LogP contribution in [-0.4, -0.2) is 11.0 Å². The third kappa shape index (κ3) is 4.04. The SMILES string of the molecule is O=C(OCc1ccccc1)c1cccnc1Cc1ccccc1. The topological polar surface area (TPSA) is 39.2 Å². The number of aromatic nitrogens is 1. The van der Waals surface area contributed by atoms with E-state index in [1.54, 1.807) is 18.3 Å². The average Bonchev–Trinajstić information content (AvgIpc) is 2.62. The number of rotatable bonds is 5. The molecule has 0 amide bonds. The molecule has 0 saturated heterocycles. The number of carbonyl (C=O) groups is 1. The molecule has 2 aromatic carbocycles. The lowest BCUT2D eigenvalue weighted by Gasteiger charge is -2.09. The van der Waals surface area contributed by atoms with Crippen LogP contribution < -0.4 is 0 Å². The molecule has 3 heteroatoms. The first kappa shape index (κ1) is 15.0. The third-order valence-corrected chi connectivity index (χ3v) is 3.54.